The monoisotopic (exact) mass is 237 g/mol. The van der Waals surface area contributed by atoms with Crippen LogP contribution in [0.4, 0.5) is 10.2 Å². The van der Waals surface area contributed by atoms with Crippen molar-refractivity contribution in [2.24, 2.45) is 11.7 Å². The van der Waals surface area contributed by atoms with E-state index in [9.17, 15) is 4.39 Å². The molecule has 0 atom stereocenters. The van der Waals surface area contributed by atoms with Crippen molar-refractivity contribution in [3.8, 4) is 0 Å². The van der Waals surface area contributed by atoms with Gasteiger partial charge in [-0.2, -0.15) is 0 Å². The summed E-state index contributed by atoms with van der Waals surface area (Å²) in [5, 5.41) is 0. The van der Waals surface area contributed by atoms with Crippen LogP contribution in [0.2, 0.25) is 0 Å². The van der Waals surface area contributed by atoms with Crippen LogP contribution in [0.3, 0.4) is 0 Å². The van der Waals surface area contributed by atoms with E-state index in [4.69, 9.17) is 5.73 Å². The lowest BCUT2D eigenvalue weighted by atomic mass is 10.2. The maximum atomic E-state index is 14.2. The van der Waals surface area contributed by atoms with Crippen molar-refractivity contribution in [3.63, 3.8) is 0 Å². The Balaban J connectivity index is 2.27. The summed E-state index contributed by atoms with van der Waals surface area (Å²) in [4.78, 5) is 6.23. The van der Waals surface area contributed by atoms with Gasteiger partial charge in [0.2, 0.25) is 0 Å². The molecule has 94 valence electrons. The molecular weight excluding hydrogens is 217 g/mol. The minimum Gasteiger partial charge on any atom is -0.351 e. The molecule has 0 amide bonds. The van der Waals surface area contributed by atoms with E-state index in [-0.39, 0.29) is 18.4 Å². The molecular formula is C13H20FN3. The highest BCUT2D eigenvalue weighted by Crippen LogP contribution is 2.32. The molecule has 1 aromatic rings. The predicted octanol–water partition coefficient (Wildman–Crippen LogP) is 2.30. The Bertz CT molecular complexity index is 388. The number of hydrogen-bond acceptors (Lipinski definition) is 3. The van der Waals surface area contributed by atoms with Gasteiger partial charge in [0.1, 0.15) is 0 Å². The average molecular weight is 237 g/mol. The average Bonchev–Trinajstić information content (AvgIpc) is 3.10. The van der Waals surface area contributed by atoms with Gasteiger partial charge in [-0.25, -0.2) is 9.37 Å². The van der Waals surface area contributed by atoms with E-state index in [2.05, 4.69) is 18.8 Å². The van der Waals surface area contributed by atoms with Crippen LogP contribution in [0.15, 0.2) is 12.3 Å². The molecule has 0 spiro atoms. The third-order valence-corrected chi connectivity index (χ3v) is 3.22. The number of rotatable bonds is 5. The summed E-state index contributed by atoms with van der Waals surface area (Å²) >= 11 is 0. The zero-order chi connectivity index (χ0) is 12.4. The lowest BCUT2D eigenvalue weighted by Gasteiger charge is -2.28. The highest BCUT2D eigenvalue weighted by atomic mass is 19.1. The summed E-state index contributed by atoms with van der Waals surface area (Å²) < 4.78 is 14.2. The Hall–Kier alpha value is -1.16. The first-order valence-corrected chi connectivity index (χ1v) is 6.23. The number of halogens is 1. The highest BCUT2D eigenvalue weighted by molar-refractivity contribution is 5.44. The molecule has 17 heavy (non-hydrogen) atoms. The van der Waals surface area contributed by atoms with E-state index in [1.54, 1.807) is 12.3 Å². The summed E-state index contributed by atoms with van der Waals surface area (Å²) in [5.41, 5.74) is 6.06. The van der Waals surface area contributed by atoms with Crippen molar-refractivity contribution >= 4 is 5.82 Å². The van der Waals surface area contributed by atoms with Gasteiger partial charge in [0.25, 0.3) is 0 Å². The Labute approximate surface area is 102 Å². The molecule has 2 N–H and O–H groups in total. The molecule has 1 aliphatic carbocycles. The van der Waals surface area contributed by atoms with Crippen LogP contribution in [0.5, 0.6) is 0 Å². The SMILES string of the molecule is CC(C)N(CC1CC1)c1nccc(CN)c1F. The van der Waals surface area contributed by atoms with E-state index in [0.717, 1.165) is 6.54 Å². The fourth-order valence-electron chi connectivity index (χ4n) is 1.95. The zero-order valence-corrected chi connectivity index (χ0v) is 10.5. The third-order valence-electron chi connectivity index (χ3n) is 3.22. The van der Waals surface area contributed by atoms with Crippen molar-refractivity contribution in [2.75, 3.05) is 11.4 Å². The summed E-state index contributed by atoms with van der Waals surface area (Å²) in [7, 11) is 0. The van der Waals surface area contributed by atoms with Gasteiger partial charge >= 0.3 is 0 Å². The third kappa shape index (κ3) is 2.75. The molecule has 4 heteroatoms. The van der Waals surface area contributed by atoms with Crippen LogP contribution in [-0.2, 0) is 6.54 Å². The van der Waals surface area contributed by atoms with E-state index in [1.807, 2.05) is 4.90 Å². The van der Waals surface area contributed by atoms with Gasteiger partial charge in [-0.05, 0) is 38.7 Å². The quantitative estimate of drug-likeness (QED) is 0.854. The van der Waals surface area contributed by atoms with E-state index in [0.29, 0.717) is 17.3 Å². The van der Waals surface area contributed by atoms with Crippen LogP contribution >= 0.6 is 0 Å². The van der Waals surface area contributed by atoms with Crippen LogP contribution in [0.1, 0.15) is 32.3 Å². The molecule has 0 radical (unpaired) electrons. The molecule has 0 saturated heterocycles. The first kappa shape index (κ1) is 12.3. The Morgan fingerprint density at radius 3 is 2.76 bits per heavy atom. The largest absolute Gasteiger partial charge is 0.351 e. The van der Waals surface area contributed by atoms with Crippen LogP contribution < -0.4 is 10.6 Å². The molecule has 1 heterocycles. The van der Waals surface area contributed by atoms with Crippen molar-refractivity contribution in [2.45, 2.75) is 39.3 Å². The van der Waals surface area contributed by atoms with E-state index >= 15 is 0 Å². The second-order valence-corrected chi connectivity index (χ2v) is 5.00. The first-order chi connectivity index (χ1) is 8.13. The van der Waals surface area contributed by atoms with Gasteiger partial charge < -0.3 is 10.6 Å². The zero-order valence-electron chi connectivity index (χ0n) is 10.5. The molecule has 1 aromatic heterocycles. The predicted molar refractivity (Wildman–Crippen MR) is 67.3 cm³/mol. The van der Waals surface area contributed by atoms with Crippen molar-refractivity contribution in [3.05, 3.63) is 23.6 Å². The maximum Gasteiger partial charge on any atom is 0.170 e. The van der Waals surface area contributed by atoms with Gasteiger partial charge in [0, 0.05) is 30.9 Å². The van der Waals surface area contributed by atoms with E-state index < -0.39 is 0 Å². The summed E-state index contributed by atoms with van der Waals surface area (Å²) in [6.07, 6.45) is 4.14. The topological polar surface area (TPSA) is 42.2 Å². The van der Waals surface area contributed by atoms with E-state index in [1.165, 1.54) is 12.8 Å². The molecule has 3 nitrogen and oxygen atoms in total. The maximum absolute atomic E-state index is 14.2. The van der Waals surface area contributed by atoms with Crippen molar-refractivity contribution < 1.29 is 4.39 Å². The number of nitrogens with zero attached hydrogens (tertiary/aromatic N) is 2. The fourth-order valence-corrected chi connectivity index (χ4v) is 1.95. The smallest absolute Gasteiger partial charge is 0.170 e. The molecule has 0 aromatic carbocycles. The molecule has 0 bridgehead atoms. The molecule has 0 aliphatic heterocycles. The number of aromatic nitrogens is 1. The Morgan fingerprint density at radius 1 is 1.53 bits per heavy atom. The first-order valence-electron chi connectivity index (χ1n) is 6.23. The lowest BCUT2D eigenvalue weighted by molar-refractivity contribution is 0.568. The molecule has 1 fully saturated rings. The second kappa shape index (κ2) is 5.00. The van der Waals surface area contributed by atoms with Gasteiger partial charge in [0.05, 0.1) is 0 Å². The Kier molecular flexibility index (Phi) is 3.62. The standard InChI is InChI=1S/C13H20FN3/c1-9(2)17(8-10-3-4-10)13-12(14)11(7-15)5-6-16-13/h5-6,9-10H,3-4,7-8,15H2,1-2H3. The molecule has 1 aliphatic rings. The second-order valence-electron chi connectivity index (χ2n) is 5.00. The van der Waals surface area contributed by atoms with Crippen LogP contribution in [-0.4, -0.2) is 17.6 Å². The minimum absolute atomic E-state index is 0.219. The Morgan fingerprint density at radius 2 is 2.24 bits per heavy atom. The summed E-state index contributed by atoms with van der Waals surface area (Å²) in [6, 6.07) is 1.90. The molecule has 2 rings (SSSR count). The normalized spacial score (nSPS) is 15.4. The van der Waals surface area contributed by atoms with Gasteiger partial charge in [-0.3, -0.25) is 0 Å². The van der Waals surface area contributed by atoms with Gasteiger partial charge in [-0.1, -0.05) is 0 Å². The number of anilines is 1. The minimum atomic E-state index is -0.260. The number of hydrogen-bond donors (Lipinski definition) is 1. The highest BCUT2D eigenvalue weighted by Gasteiger charge is 2.27. The lowest BCUT2D eigenvalue weighted by Crippen LogP contribution is -2.34. The molecule has 1 saturated carbocycles. The fraction of sp³-hybridized carbons (Fsp3) is 0.615. The van der Waals surface area contributed by atoms with Gasteiger partial charge in [-0.15, -0.1) is 0 Å². The number of pyridine rings is 1. The van der Waals surface area contributed by atoms with Crippen molar-refractivity contribution in [1.82, 2.24) is 4.98 Å². The molecule has 0 unspecified atom stereocenters. The van der Waals surface area contributed by atoms with Gasteiger partial charge in [0.15, 0.2) is 11.6 Å². The van der Waals surface area contributed by atoms with Crippen LogP contribution in [0, 0.1) is 11.7 Å². The van der Waals surface area contributed by atoms with Crippen LogP contribution in [0.25, 0.3) is 0 Å². The summed E-state index contributed by atoms with van der Waals surface area (Å²) in [6.45, 7) is 5.25. The number of nitrogens with two attached hydrogens (primary N) is 1. The van der Waals surface area contributed by atoms with Crippen molar-refractivity contribution in [1.29, 1.82) is 0 Å². The summed E-state index contributed by atoms with van der Waals surface area (Å²) in [5.74, 6) is 0.902.